The molecule has 1 aliphatic heterocycles. The Kier molecular flexibility index (Phi) is 6.16. The number of carboxylic acid groups (broad SMARTS) is 1. The molecule has 1 saturated carbocycles. The van der Waals surface area contributed by atoms with E-state index in [0.29, 0.717) is 31.8 Å². The zero-order valence-corrected chi connectivity index (χ0v) is 16.1. The topological polar surface area (TPSA) is 104 Å². The van der Waals surface area contributed by atoms with Crippen molar-refractivity contribution in [3.8, 4) is 0 Å². The lowest BCUT2D eigenvalue weighted by atomic mass is 10.1. The van der Waals surface area contributed by atoms with Crippen molar-refractivity contribution in [2.75, 3.05) is 13.1 Å². The summed E-state index contributed by atoms with van der Waals surface area (Å²) >= 11 is 0. The van der Waals surface area contributed by atoms with E-state index in [0.717, 1.165) is 31.2 Å². The summed E-state index contributed by atoms with van der Waals surface area (Å²) in [5, 5.41) is 11.8. The molecule has 27 heavy (non-hydrogen) atoms. The predicted molar refractivity (Wildman–Crippen MR) is 99.7 cm³/mol. The molecule has 1 aliphatic carbocycles. The summed E-state index contributed by atoms with van der Waals surface area (Å²) in [6.07, 6.45) is 4.95. The van der Waals surface area contributed by atoms with Crippen molar-refractivity contribution in [3.05, 3.63) is 29.8 Å². The molecule has 8 heteroatoms. The van der Waals surface area contributed by atoms with E-state index < -0.39 is 22.0 Å². The van der Waals surface area contributed by atoms with Gasteiger partial charge in [-0.1, -0.05) is 25.0 Å². The molecule has 1 atom stereocenters. The van der Waals surface area contributed by atoms with Gasteiger partial charge in [-0.15, -0.1) is 0 Å². The normalized spacial score (nSPS) is 19.0. The van der Waals surface area contributed by atoms with Gasteiger partial charge >= 0.3 is 5.97 Å². The number of nitrogens with zero attached hydrogens (tertiary/aromatic N) is 1. The highest BCUT2D eigenvalue weighted by Crippen LogP contribution is 2.33. The number of carbonyl (C=O) groups excluding carboxylic acids is 1. The monoisotopic (exact) mass is 394 g/mol. The van der Waals surface area contributed by atoms with Gasteiger partial charge in [-0.25, -0.2) is 13.2 Å². The maximum Gasteiger partial charge on any atom is 0.326 e. The van der Waals surface area contributed by atoms with E-state index in [4.69, 9.17) is 0 Å². The van der Waals surface area contributed by atoms with Gasteiger partial charge in [0.2, 0.25) is 15.9 Å². The minimum absolute atomic E-state index is 0.173. The van der Waals surface area contributed by atoms with E-state index in [-0.39, 0.29) is 17.2 Å². The fourth-order valence-electron chi connectivity index (χ4n) is 3.34. The van der Waals surface area contributed by atoms with Gasteiger partial charge in [0.15, 0.2) is 0 Å². The van der Waals surface area contributed by atoms with Crippen LogP contribution in [0.3, 0.4) is 0 Å². The molecule has 1 heterocycles. The Morgan fingerprint density at radius 1 is 1.15 bits per heavy atom. The molecule has 2 fully saturated rings. The zero-order valence-electron chi connectivity index (χ0n) is 15.3. The van der Waals surface area contributed by atoms with Gasteiger partial charge in [-0.05, 0) is 49.3 Å². The smallest absolute Gasteiger partial charge is 0.326 e. The fraction of sp³-hybridized carbons (Fsp3) is 0.579. The average molecular weight is 394 g/mol. The number of hydrogen-bond acceptors (Lipinski definition) is 4. The highest BCUT2D eigenvalue weighted by molar-refractivity contribution is 7.89. The first-order valence-electron chi connectivity index (χ1n) is 9.47. The van der Waals surface area contributed by atoms with Gasteiger partial charge in [-0.3, -0.25) is 4.79 Å². The van der Waals surface area contributed by atoms with Crippen LogP contribution in [0.2, 0.25) is 0 Å². The Labute approximate surface area is 159 Å². The minimum atomic E-state index is -3.43. The van der Waals surface area contributed by atoms with E-state index in [1.807, 2.05) is 0 Å². The third kappa shape index (κ3) is 5.29. The van der Waals surface area contributed by atoms with E-state index in [1.165, 1.54) is 4.31 Å². The Hall–Kier alpha value is -1.93. The van der Waals surface area contributed by atoms with Gasteiger partial charge < -0.3 is 10.4 Å². The molecule has 2 N–H and O–H groups in total. The molecule has 148 valence electrons. The SMILES string of the molecule is O=C(CCc1ccc(S(=O)(=O)N2CCCC2)cc1)NC(CC1CC1)C(=O)O. The number of sulfonamides is 1. The minimum Gasteiger partial charge on any atom is -0.480 e. The molecular formula is C19H26N2O5S. The third-order valence-corrected chi connectivity index (χ3v) is 7.08. The number of benzene rings is 1. The molecule has 2 aliphatic rings. The van der Waals surface area contributed by atoms with Crippen LogP contribution in [0, 0.1) is 5.92 Å². The van der Waals surface area contributed by atoms with Crippen molar-refractivity contribution >= 4 is 21.9 Å². The van der Waals surface area contributed by atoms with Crippen LogP contribution in [0.5, 0.6) is 0 Å². The zero-order chi connectivity index (χ0) is 19.4. The molecule has 0 bridgehead atoms. The number of amides is 1. The number of nitrogens with one attached hydrogen (secondary N) is 1. The Morgan fingerprint density at radius 2 is 1.78 bits per heavy atom. The van der Waals surface area contributed by atoms with Crippen molar-refractivity contribution in [3.63, 3.8) is 0 Å². The molecule has 1 aromatic rings. The number of rotatable bonds is 9. The third-order valence-electron chi connectivity index (χ3n) is 5.17. The second-order valence-electron chi connectivity index (χ2n) is 7.39. The number of aliphatic carboxylic acids is 1. The van der Waals surface area contributed by atoms with Gasteiger partial charge in [-0.2, -0.15) is 4.31 Å². The highest BCUT2D eigenvalue weighted by atomic mass is 32.2. The van der Waals surface area contributed by atoms with Crippen molar-refractivity contribution in [2.24, 2.45) is 5.92 Å². The van der Waals surface area contributed by atoms with Crippen LogP contribution in [0.15, 0.2) is 29.2 Å². The number of aryl methyl sites for hydroxylation is 1. The van der Waals surface area contributed by atoms with E-state index in [9.17, 15) is 23.1 Å². The summed E-state index contributed by atoms with van der Waals surface area (Å²) in [5.74, 6) is -0.875. The van der Waals surface area contributed by atoms with E-state index in [1.54, 1.807) is 24.3 Å². The highest BCUT2D eigenvalue weighted by Gasteiger charge is 2.30. The summed E-state index contributed by atoms with van der Waals surface area (Å²) in [4.78, 5) is 23.6. The lowest BCUT2D eigenvalue weighted by molar-refractivity contribution is -0.142. The van der Waals surface area contributed by atoms with Gasteiger partial charge in [0.1, 0.15) is 6.04 Å². The Morgan fingerprint density at radius 3 is 2.33 bits per heavy atom. The number of carboxylic acids is 1. The van der Waals surface area contributed by atoms with Crippen LogP contribution in [0.1, 0.15) is 44.1 Å². The van der Waals surface area contributed by atoms with Gasteiger partial charge in [0.05, 0.1) is 4.90 Å². The molecule has 0 aromatic heterocycles. The second kappa shape index (κ2) is 8.39. The van der Waals surface area contributed by atoms with Crippen LogP contribution < -0.4 is 5.32 Å². The number of hydrogen-bond donors (Lipinski definition) is 2. The second-order valence-corrected chi connectivity index (χ2v) is 9.33. The van der Waals surface area contributed by atoms with Crippen molar-refractivity contribution in [1.29, 1.82) is 0 Å². The Balaban J connectivity index is 1.52. The van der Waals surface area contributed by atoms with Gasteiger partial charge in [0, 0.05) is 19.5 Å². The van der Waals surface area contributed by atoms with Crippen molar-refractivity contribution in [2.45, 2.75) is 55.9 Å². The van der Waals surface area contributed by atoms with Crippen LogP contribution in [0.25, 0.3) is 0 Å². The summed E-state index contributed by atoms with van der Waals surface area (Å²) in [6.45, 7) is 1.13. The van der Waals surface area contributed by atoms with Crippen LogP contribution in [0.4, 0.5) is 0 Å². The quantitative estimate of drug-likeness (QED) is 0.664. The molecule has 1 unspecified atom stereocenters. The van der Waals surface area contributed by atoms with Gasteiger partial charge in [0.25, 0.3) is 0 Å². The first-order valence-corrected chi connectivity index (χ1v) is 10.9. The summed E-state index contributed by atoms with van der Waals surface area (Å²) in [7, 11) is -3.43. The Bertz CT molecular complexity index is 781. The van der Waals surface area contributed by atoms with E-state index in [2.05, 4.69) is 5.32 Å². The number of carbonyl (C=O) groups is 2. The molecule has 0 radical (unpaired) electrons. The lowest BCUT2D eigenvalue weighted by Crippen LogP contribution is -2.41. The lowest BCUT2D eigenvalue weighted by Gasteiger charge is -2.16. The molecule has 3 rings (SSSR count). The fourth-order valence-corrected chi connectivity index (χ4v) is 4.86. The van der Waals surface area contributed by atoms with Crippen LogP contribution in [-0.2, 0) is 26.0 Å². The summed E-state index contributed by atoms with van der Waals surface area (Å²) < 4.78 is 26.5. The maximum absolute atomic E-state index is 12.5. The molecule has 1 amide bonds. The first kappa shape index (κ1) is 19.8. The van der Waals surface area contributed by atoms with Crippen molar-refractivity contribution < 1.29 is 23.1 Å². The van der Waals surface area contributed by atoms with E-state index >= 15 is 0 Å². The van der Waals surface area contributed by atoms with Crippen LogP contribution in [-0.4, -0.2) is 48.8 Å². The molecule has 1 aromatic carbocycles. The largest absolute Gasteiger partial charge is 0.480 e. The average Bonchev–Trinajstić information content (AvgIpc) is 3.27. The maximum atomic E-state index is 12.5. The molecule has 1 saturated heterocycles. The van der Waals surface area contributed by atoms with Crippen molar-refractivity contribution in [1.82, 2.24) is 9.62 Å². The molecule has 0 spiro atoms. The van der Waals surface area contributed by atoms with Crippen LogP contribution >= 0.6 is 0 Å². The predicted octanol–water partition coefficient (Wildman–Crippen LogP) is 1.77. The standard InChI is InChI=1S/C19H26N2O5S/c22-18(20-17(19(23)24)13-15-3-4-15)10-7-14-5-8-16(9-6-14)27(25,26)21-11-1-2-12-21/h5-6,8-9,15,17H,1-4,7,10-13H2,(H,20,22)(H,23,24). The molecular weight excluding hydrogens is 368 g/mol. The summed E-state index contributed by atoms with van der Waals surface area (Å²) in [5.41, 5.74) is 0.847. The first-order chi connectivity index (χ1) is 12.9. The molecule has 7 nitrogen and oxygen atoms in total. The summed E-state index contributed by atoms with van der Waals surface area (Å²) in [6, 6.07) is 5.77.